The predicted molar refractivity (Wildman–Crippen MR) is 90.8 cm³/mol. The van der Waals surface area contributed by atoms with E-state index in [9.17, 15) is 0 Å². The topological polar surface area (TPSA) is 35.2 Å². The van der Waals surface area contributed by atoms with Crippen LogP contribution in [0.15, 0.2) is 65.1 Å². The molecule has 0 bridgehead atoms. The van der Waals surface area contributed by atoms with Crippen LogP contribution in [0.5, 0.6) is 11.5 Å². The van der Waals surface area contributed by atoms with Gasteiger partial charge in [-0.1, -0.05) is 36.4 Å². The maximum atomic E-state index is 5.96. The molecule has 3 heteroatoms. The highest BCUT2D eigenvalue weighted by molar-refractivity contribution is 9.10. The van der Waals surface area contributed by atoms with E-state index in [-0.39, 0.29) is 6.04 Å². The molecule has 106 valence electrons. The Morgan fingerprint density at radius 3 is 2.43 bits per heavy atom. The van der Waals surface area contributed by atoms with Gasteiger partial charge in [0, 0.05) is 6.04 Å². The van der Waals surface area contributed by atoms with E-state index in [4.69, 9.17) is 10.5 Å². The van der Waals surface area contributed by atoms with Crippen LogP contribution in [0.1, 0.15) is 18.5 Å². The van der Waals surface area contributed by atoms with Crippen LogP contribution in [-0.4, -0.2) is 0 Å². The van der Waals surface area contributed by atoms with Crippen molar-refractivity contribution in [1.82, 2.24) is 0 Å². The summed E-state index contributed by atoms with van der Waals surface area (Å²) in [5, 5.41) is 2.37. The number of halogens is 1. The molecule has 0 radical (unpaired) electrons. The SMILES string of the molecule is CC(N)c1ccc(Oc2ccc3ccccc3c2)c(Br)c1. The lowest BCUT2D eigenvalue weighted by Gasteiger charge is -2.11. The van der Waals surface area contributed by atoms with Crippen molar-refractivity contribution in [2.75, 3.05) is 0 Å². The fraction of sp³-hybridized carbons (Fsp3) is 0.111. The summed E-state index contributed by atoms with van der Waals surface area (Å²) in [6.07, 6.45) is 0. The van der Waals surface area contributed by atoms with E-state index in [1.54, 1.807) is 0 Å². The monoisotopic (exact) mass is 341 g/mol. The highest BCUT2D eigenvalue weighted by atomic mass is 79.9. The Morgan fingerprint density at radius 2 is 1.71 bits per heavy atom. The van der Waals surface area contributed by atoms with E-state index < -0.39 is 0 Å². The summed E-state index contributed by atoms with van der Waals surface area (Å²) in [7, 11) is 0. The molecule has 1 unspecified atom stereocenters. The minimum atomic E-state index is 0.0102. The molecule has 0 aliphatic carbocycles. The Bertz CT molecular complexity index is 783. The molecule has 2 N–H and O–H groups in total. The van der Waals surface area contributed by atoms with E-state index in [2.05, 4.69) is 34.1 Å². The molecule has 0 fully saturated rings. The molecule has 3 aromatic carbocycles. The quantitative estimate of drug-likeness (QED) is 0.690. The number of fused-ring (bicyclic) bond motifs is 1. The maximum absolute atomic E-state index is 5.96. The maximum Gasteiger partial charge on any atom is 0.141 e. The Hall–Kier alpha value is -1.84. The van der Waals surface area contributed by atoms with Crippen molar-refractivity contribution in [2.24, 2.45) is 5.73 Å². The van der Waals surface area contributed by atoms with Crippen molar-refractivity contribution >= 4 is 26.7 Å². The van der Waals surface area contributed by atoms with Gasteiger partial charge >= 0.3 is 0 Å². The molecule has 3 rings (SSSR count). The summed E-state index contributed by atoms with van der Waals surface area (Å²) in [5.41, 5.74) is 6.96. The Balaban J connectivity index is 1.91. The lowest BCUT2D eigenvalue weighted by Crippen LogP contribution is -2.04. The van der Waals surface area contributed by atoms with Crippen LogP contribution in [0.25, 0.3) is 10.8 Å². The van der Waals surface area contributed by atoms with Crippen molar-refractivity contribution < 1.29 is 4.74 Å². The van der Waals surface area contributed by atoms with Crippen LogP contribution < -0.4 is 10.5 Å². The van der Waals surface area contributed by atoms with Gasteiger partial charge in [-0.15, -0.1) is 0 Å². The molecular formula is C18H16BrNO. The first-order chi connectivity index (χ1) is 10.1. The lowest BCUT2D eigenvalue weighted by atomic mass is 10.1. The molecule has 0 spiro atoms. The van der Waals surface area contributed by atoms with Crippen molar-refractivity contribution in [3.8, 4) is 11.5 Å². The molecule has 0 aliphatic rings. The van der Waals surface area contributed by atoms with Crippen molar-refractivity contribution in [3.05, 3.63) is 70.7 Å². The zero-order chi connectivity index (χ0) is 14.8. The van der Waals surface area contributed by atoms with Crippen LogP contribution in [0, 0.1) is 0 Å². The summed E-state index contributed by atoms with van der Waals surface area (Å²) in [6.45, 7) is 1.96. The Labute approximate surface area is 132 Å². The summed E-state index contributed by atoms with van der Waals surface area (Å²) in [5.74, 6) is 1.61. The summed E-state index contributed by atoms with van der Waals surface area (Å²) >= 11 is 3.54. The molecular weight excluding hydrogens is 326 g/mol. The van der Waals surface area contributed by atoms with Crippen LogP contribution in [-0.2, 0) is 0 Å². The van der Waals surface area contributed by atoms with Crippen molar-refractivity contribution in [1.29, 1.82) is 0 Å². The molecule has 21 heavy (non-hydrogen) atoms. The van der Waals surface area contributed by atoms with Crippen LogP contribution >= 0.6 is 15.9 Å². The smallest absolute Gasteiger partial charge is 0.141 e. The zero-order valence-electron chi connectivity index (χ0n) is 11.7. The first-order valence-corrected chi connectivity index (χ1v) is 7.64. The second kappa shape index (κ2) is 5.88. The molecule has 0 heterocycles. The highest BCUT2D eigenvalue weighted by Crippen LogP contribution is 2.32. The summed E-state index contributed by atoms with van der Waals surface area (Å²) in [4.78, 5) is 0. The van der Waals surface area contributed by atoms with Gasteiger partial charge in [0.15, 0.2) is 0 Å². The summed E-state index contributed by atoms with van der Waals surface area (Å²) in [6, 6.07) is 20.3. The third kappa shape index (κ3) is 3.09. The van der Waals surface area contributed by atoms with Crippen molar-refractivity contribution in [3.63, 3.8) is 0 Å². The van der Waals surface area contributed by atoms with Gasteiger partial charge in [-0.25, -0.2) is 0 Å². The number of hydrogen-bond acceptors (Lipinski definition) is 2. The number of ether oxygens (including phenoxy) is 1. The van der Waals surface area contributed by atoms with Crippen LogP contribution in [0.4, 0.5) is 0 Å². The first kappa shape index (κ1) is 14.1. The molecule has 2 nitrogen and oxygen atoms in total. The normalized spacial score (nSPS) is 12.3. The number of nitrogens with two attached hydrogens (primary N) is 1. The third-order valence-electron chi connectivity index (χ3n) is 3.43. The van der Waals surface area contributed by atoms with Crippen LogP contribution in [0.2, 0.25) is 0 Å². The van der Waals surface area contributed by atoms with E-state index in [0.29, 0.717) is 0 Å². The fourth-order valence-corrected chi connectivity index (χ4v) is 2.72. The average molecular weight is 342 g/mol. The Kier molecular flexibility index (Phi) is 3.95. The van der Waals surface area contributed by atoms with Gasteiger partial charge in [0.05, 0.1) is 4.47 Å². The summed E-state index contributed by atoms with van der Waals surface area (Å²) < 4.78 is 6.87. The van der Waals surface area contributed by atoms with Gasteiger partial charge in [-0.2, -0.15) is 0 Å². The number of rotatable bonds is 3. The van der Waals surface area contributed by atoms with E-state index in [1.165, 1.54) is 10.8 Å². The average Bonchev–Trinajstić information content (AvgIpc) is 2.49. The molecule has 3 aromatic rings. The zero-order valence-corrected chi connectivity index (χ0v) is 13.3. The predicted octanol–water partition coefficient (Wildman–Crippen LogP) is 5.41. The van der Waals surface area contributed by atoms with Gasteiger partial charge in [-0.3, -0.25) is 0 Å². The third-order valence-corrected chi connectivity index (χ3v) is 4.05. The van der Waals surface area contributed by atoms with E-state index in [0.717, 1.165) is 21.5 Å². The van der Waals surface area contributed by atoms with Gasteiger partial charge in [0.2, 0.25) is 0 Å². The fourth-order valence-electron chi connectivity index (χ4n) is 2.24. The largest absolute Gasteiger partial charge is 0.456 e. The number of hydrogen-bond donors (Lipinski definition) is 1. The minimum absolute atomic E-state index is 0.0102. The van der Waals surface area contributed by atoms with Gasteiger partial charge in [-0.05, 0) is 63.5 Å². The standard InChI is InChI=1S/C18H16BrNO/c1-12(20)14-7-9-18(17(19)11-14)21-16-8-6-13-4-2-3-5-15(13)10-16/h2-12H,20H2,1H3. The van der Waals surface area contributed by atoms with Gasteiger partial charge in [0.1, 0.15) is 11.5 Å². The second-order valence-electron chi connectivity index (χ2n) is 5.09. The molecule has 0 amide bonds. The number of benzene rings is 3. The van der Waals surface area contributed by atoms with E-state index >= 15 is 0 Å². The molecule has 0 aliphatic heterocycles. The van der Waals surface area contributed by atoms with E-state index in [1.807, 2.05) is 49.4 Å². The second-order valence-corrected chi connectivity index (χ2v) is 5.94. The Morgan fingerprint density at radius 1 is 0.952 bits per heavy atom. The first-order valence-electron chi connectivity index (χ1n) is 6.85. The van der Waals surface area contributed by atoms with Gasteiger partial charge in [0.25, 0.3) is 0 Å². The molecule has 0 saturated heterocycles. The minimum Gasteiger partial charge on any atom is -0.456 e. The molecule has 0 saturated carbocycles. The van der Waals surface area contributed by atoms with Crippen molar-refractivity contribution in [2.45, 2.75) is 13.0 Å². The van der Waals surface area contributed by atoms with Crippen LogP contribution in [0.3, 0.4) is 0 Å². The lowest BCUT2D eigenvalue weighted by molar-refractivity contribution is 0.480. The molecule has 1 atom stereocenters. The van der Waals surface area contributed by atoms with Gasteiger partial charge < -0.3 is 10.5 Å². The highest BCUT2D eigenvalue weighted by Gasteiger charge is 2.07. The molecule has 0 aromatic heterocycles.